The van der Waals surface area contributed by atoms with Crippen LogP contribution in [0.2, 0.25) is 0 Å². The molecule has 0 bridgehead atoms. The Hall–Kier alpha value is -2.53. The number of methoxy groups -OCH3 is 1. The van der Waals surface area contributed by atoms with Gasteiger partial charge in [-0.15, -0.1) is 0 Å². The summed E-state index contributed by atoms with van der Waals surface area (Å²) in [5.74, 6) is 1.21. The lowest BCUT2D eigenvalue weighted by molar-refractivity contribution is -0.144. The van der Waals surface area contributed by atoms with E-state index in [1.807, 2.05) is 24.3 Å². The molecule has 5 heteroatoms. The third-order valence-corrected chi connectivity index (χ3v) is 3.51. The van der Waals surface area contributed by atoms with Crippen molar-refractivity contribution in [1.29, 1.82) is 0 Å². The van der Waals surface area contributed by atoms with Crippen LogP contribution < -0.4 is 14.2 Å². The molecule has 23 heavy (non-hydrogen) atoms. The molecule has 5 nitrogen and oxygen atoms in total. The van der Waals surface area contributed by atoms with Crippen molar-refractivity contribution in [2.45, 2.75) is 12.5 Å². The smallest absolute Gasteiger partial charge is 0.356 e. The minimum atomic E-state index is -0.766. The quantitative estimate of drug-likeness (QED) is 0.627. The van der Waals surface area contributed by atoms with Crippen molar-refractivity contribution in [2.75, 3.05) is 20.3 Å². The highest BCUT2D eigenvalue weighted by molar-refractivity contribution is 5.78. The predicted molar refractivity (Wildman–Crippen MR) is 84.0 cm³/mol. The monoisotopic (exact) mass is 314 g/mol. The van der Waals surface area contributed by atoms with Gasteiger partial charge in [-0.1, -0.05) is 24.3 Å². The number of esters is 1. The first kappa shape index (κ1) is 15.4. The molecule has 1 aliphatic heterocycles. The summed E-state index contributed by atoms with van der Waals surface area (Å²) in [5.41, 5.74) is 1.12. The molecule has 0 spiro atoms. The van der Waals surface area contributed by atoms with Gasteiger partial charge in [0.1, 0.15) is 12.4 Å². The van der Waals surface area contributed by atoms with Crippen LogP contribution in [0.4, 0.5) is 0 Å². The van der Waals surface area contributed by atoms with Gasteiger partial charge in [-0.2, -0.15) is 0 Å². The SMILES string of the molecule is COCCc1ccc(OC(=O)[C@@H]2COc3ccccc3O2)cc1. The van der Waals surface area contributed by atoms with E-state index in [-0.39, 0.29) is 6.61 Å². The number of ether oxygens (including phenoxy) is 4. The Labute approximate surface area is 134 Å². The predicted octanol–water partition coefficient (Wildman–Crippen LogP) is 2.62. The average molecular weight is 314 g/mol. The first-order valence-corrected chi connectivity index (χ1v) is 7.44. The Morgan fingerprint density at radius 3 is 2.61 bits per heavy atom. The molecular formula is C18H18O5. The summed E-state index contributed by atoms with van der Waals surface area (Å²) in [4.78, 5) is 12.2. The molecule has 0 saturated heterocycles. The fourth-order valence-corrected chi connectivity index (χ4v) is 2.26. The van der Waals surface area contributed by atoms with E-state index in [2.05, 4.69) is 0 Å². The van der Waals surface area contributed by atoms with E-state index in [1.165, 1.54) is 0 Å². The van der Waals surface area contributed by atoms with Crippen LogP contribution in [-0.2, 0) is 16.0 Å². The Morgan fingerprint density at radius 1 is 1.13 bits per heavy atom. The highest BCUT2D eigenvalue weighted by Crippen LogP contribution is 2.31. The van der Waals surface area contributed by atoms with Crippen molar-refractivity contribution < 1.29 is 23.7 Å². The van der Waals surface area contributed by atoms with Crippen molar-refractivity contribution in [3.05, 3.63) is 54.1 Å². The molecule has 1 heterocycles. The van der Waals surface area contributed by atoms with Crippen LogP contribution in [0.1, 0.15) is 5.56 Å². The number of para-hydroxylation sites is 2. The topological polar surface area (TPSA) is 54.0 Å². The number of rotatable bonds is 5. The molecule has 0 amide bonds. The molecule has 3 rings (SSSR count). The molecule has 0 saturated carbocycles. The number of carbonyl (C=O) groups excluding carboxylic acids is 1. The summed E-state index contributed by atoms with van der Waals surface area (Å²) in [6.45, 7) is 0.799. The second-order valence-electron chi connectivity index (χ2n) is 5.17. The van der Waals surface area contributed by atoms with Crippen LogP contribution in [0, 0.1) is 0 Å². The third-order valence-electron chi connectivity index (χ3n) is 3.51. The van der Waals surface area contributed by atoms with Gasteiger partial charge in [0.2, 0.25) is 6.10 Å². The van der Waals surface area contributed by atoms with E-state index in [9.17, 15) is 4.79 Å². The number of carbonyl (C=O) groups is 1. The maximum Gasteiger partial charge on any atom is 0.356 e. The zero-order valence-corrected chi connectivity index (χ0v) is 12.9. The van der Waals surface area contributed by atoms with Gasteiger partial charge in [0.25, 0.3) is 0 Å². The van der Waals surface area contributed by atoms with Crippen molar-refractivity contribution in [3.63, 3.8) is 0 Å². The zero-order chi connectivity index (χ0) is 16.1. The molecule has 0 radical (unpaired) electrons. The van der Waals surface area contributed by atoms with Crippen molar-refractivity contribution in [3.8, 4) is 17.2 Å². The number of hydrogen-bond donors (Lipinski definition) is 0. The van der Waals surface area contributed by atoms with Crippen LogP contribution in [0.15, 0.2) is 48.5 Å². The molecule has 2 aromatic rings. The van der Waals surface area contributed by atoms with Crippen LogP contribution in [0.25, 0.3) is 0 Å². The highest BCUT2D eigenvalue weighted by atomic mass is 16.6. The van der Waals surface area contributed by atoms with Crippen molar-refractivity contribution in [1.82, 2.24) is 0 Å². The first-order chi connectivity index (χ1) is 11.3. The van der Waals surface area contributed by atoms with Gasteiger partial charge in [-0.25, -0.2) is 4.79 Å². The third kappa shape index (κ3) is 3.81. The lowest BCUT2D eigenvalue weighted by Crippen LogP contribution is -2.39. The van der Waals surface area contributed by atoms with Gasteiger partial charge in [0.15, 0.2) is 11.5 Å². The lowest BCUT2D eigenvalue weighted by Gasteiger charge is -2.24. The number of benzene rings is 2. The summed E-state index contributed by atoms with van der Waals surface area (Å²) in [6, 6.07) is 14.6. The number of fused-ring (bicyclic) bond motifs is 1. The van der Waals surface area contributed by atoms with Gasteiger partial charge >= 0.3 is 5.97 Å². The van der Waals surface area contributed by atoms with E-state index < -0.39 is 12.1 Å². The molecule has 0 aromatic heterocycles. The molecule has 120 valence electrons. The van der Waals surface area contributed by atoms with Crippen LogP contribution >= 0.6 is 0 Å². The molecule has 0 unspecified atom stereocenters. The van der Waals surface area contributed by atoms with E-state index >= 15 is 0 Å². The van der Waals surface area contributed by atoms with Gasteiger partial charge in [-0.3, -0.25) is 0 Å². The highest BCUT2D eigenvalue weighted by Gasteiger charge is 2.29. The molecule has 2 aromatic carbocycles. The molecule has 0 N–H and O–H groups in total. The van der Waals surface area contributed by atoms with Crippen molar-refractivity contribution >= 4 is 5.97 Å². The standard InChI is InChI=1S/C18H18O5/c1-20-11-10-13-6-8-14(9-7-13)22-18(19)17-12-21-15-4-2-3-5-16(15)23-17/h2-9,17H,10-12H2,1H3/t17-/m0/s1. The molecule has 1 atom stereocenters. The maximum absolute atomic E-state index is 12.2. The van der Waals surface area contributed by atoms with Crippen LogP contribution in [0.3, 0.4) is 0 Å². The molecule has 0 aliphatic carbocycles. The largest absolute Gasteiger partial charge is 0.485 e. The fraction of sp³-hybridized carbons (Fsp3) is 0.278. The Morgan fingerprint density at radius 2 is 1.87 bits per heavy atom. The Kier molecular flexibility index (Phi) is 4.78. The van der Waals surface area contributed by atoms with E-state index in [1.54, 1.807) is 31.4 Å². The van der Waals surface area contributed by atoms with Crippen LogP contribution in [-0.4, -0.2) is 32.4 Å². The summed E-state index contributed by atoms with van der Waals surface area (Å²) in [6.07, 6.45) is 0.0548. The Balaban J connectivity index is 1.59. The van der Waals surface area contributed by atoms with E-state index in [0.29, 0.717) is 23.9 Å². The molecule has 0 fully saturated rings. The fourth-order valence-electron chi connectivity index (χ4n) is 2.26. The normalized spacial score (nSPS) is 16.0. The minimum absolute atomic E-state index is 0.141. The summed E-state index contributed by atoms with van der Waals surface area (Å²) < 4.78 is 21.5. The molecular weight excluding hydrogens is 296 g/mol. The minimum Gasteiger partial charge on any atom is -0.485 e. The van der Waals surface area contributed by atoms with E-state index in [4.69, 9.17) is 18.9 Å². The second kappa shape index (κ2) is 7.15. The average Bonchev–Trinajstić information content (AvgIpc) is 2.60. The summed E-state index contributed by atoms with van der Waals surface area (Å²) in [5, 5.41) is 0. The molecule has 1 aliphatic rings. The van der Waals surface area contributed by atoms with Gasteiger partial charge in [0, 0.05) is 7.11 Å². The van der Waals surface area contributed by atoms with Gasteiger partial charge in [-0.05, 0) is 36.2 Å². The number of hydrogen-bond acceptors (Lipinski definition) is 5. The van der Waals surface area contributed by atoms with Crippen molar-refractivity contribution in [2.24, 2.45) is 0 Å². The van der Waals surface area contributed by atoms with Gasteiger partial charge < -0.3 is 18.9 Å². The van der Waals surface area contributed by atoms with Gasteiger partial charge in [0.05, 0.1) is 6.61 Å². The second-order valence-corrected chi connectivity index (χ2v) is 5.17. The summed E-state index contributed by atoms with van der Waals surface area (Å²) >= 11 is 0. The zero-order valence-electron chi connectivity index (χ0n) is 12.9. The van der Waals surface area contributed by atoms with Crippen LogP contribution in [0.5, 0.6) is 17.2 Å². The lowest BCUT2D eigenvalue weighted by atomic mass is 10.1. The first-order valence-electron chi connectivity index (χ1n) is 7.44. The Bertz CT molecular complexity index is 665. The summed E-state index contributed by atoms with van der Waals surface area (Å²) in [7, 11) is 1.67. The van der Waals surface area contributed by atoms with E-state index in [0.717, 1.165) is 12.0 Å². The maximum atomic E-state index is 12.2.